The van der Waals surface area contributed by atoms with Gasteiger partial charge in [-0.15, -0.1) is 0 Å². The SMILES string of the molecule is CCOC(=O)CN1C2=C(C(=O)CCC2)C(c2cc3ccccc3[nH]c2=O)C2=C1CCCC2=O. The average Bonchev–Trinajstić information content (AvgIpc) is 2.80. The molecule has 0 saturated heterocycles. The van der Waals surface area contributed by atoms with E-state index in [1.807, 2.05) is 29.2 Å². The Morgan fingerprint density at radius 2 is 1.64 bits per heavy atom. The van der Waals surface area contributed by atoms with E-state index in [4.69, 9.17) is 4.74 Å². The fraction of sp³-hybridized carbons (Fsp3) is 0.385. The summed E-state index contributed by atoms with van der Waals surface area (Å²) in [5, 5.41) is 0.844. The van der Waals surface area contributed by atoms with Gasteiger partial charge in [0.05, 0.1) is 6.61 Å². The highest BCUT2D eigenvalue weighted by Crippen LogP contribution is 2.48. The molecule has 0 fully saturated rings. The molecule has 2 heterocycles. The van der Waals surface area contributed by atoms with Gasteiger partial charge in [-0.3, -0.25) is 19.2 Å². The number of carbonyl (C=O) groups excluding carboxylic acids is 3. The van der Waals surface area contributed by atoms with Crippen LogP contribution >= 0.6 is 0 Å². The first kappa shape index (κ1) is 21.4. The second-order valence-corrected chi connectivity index (χ2v) is 8.74. The summed E-state index contributed by atoms with van der Waals surface area (Å²) in [5.41, 5.74) is 3.30. The summed E-state index contributed by atoms with van der Waals surface area (Å²) in [5.74, 6) is -1.23. The topological polar surface area (TPSA) is 96.5 Å². The third kappa shape index (κ3) is 3.61. The van der Waals surface area contributed by atoms with Crippen LogP contribution in [0.2, 0.25) is 0 Å². The molecule has 2 aromatic rings. The van der Waals surface area contributed by atoms with Gasteiger partial charge < -0.3 is 14.6 Å². The van der Waals surface area contributed by atoms with Gasteiger partial charge >= 0.3 is 5.97 Å². The number of para-hydroxylation sites is 1. The van der Waals surface area contributed by atoms with Crippen molar-refractivity contribution < 1.29 is 19.1 Å². The van der Waals surface area contributed by atoms with E-state index in [1.165, 1.54) is 0 Å². The summed E-state index contributed by atoms with van der Waals surface area (Å²) in [4.78, 5) is 57.0. The van der Waals surface area contributed by atoms with Gasteiger partial charge in [-0.05, 0) is 50.1 Å². The first-order valence-electron chi connectivity index (χ1n) is 11.6. The Bertz CT molecular complexity index is 1260. The number of ketones is 2. The Kier molecular flexibility index (Phi) is 5.48. The third-order valence-corrected chi connectivity index (χ3v) is 6.77. The molecule has 0 bridgehead atoms. The van der Waals surface area contributed by atoms with Crippen LogP contribution in [0, 0.1) is 0 Å². The largest absolute Gasteiger partial charge is 0.465 e. The maximum absolute atomic E-state index is 13.3. The number of nitrogens with zero attached hydrogens (tertiary/aromatic N) is 1. The van der Waals surface area contributed by atoms with E-state index in [-0.39, 0.29) is 30.3 Å². The van der Waals surface area contributed by atoms with Crippen molar-refractivity contribution >= 4 is 28.4 Å². The smallest absolute Gasteiger partial charge is 0.325 e. The lowest BCUT2D eigenvalue weighted by Crippen LogP contribution is -2.42. The number of carbonyl (C=O) groups is 3. The highest BCUT2D eigenvalue weighted by Gasteiger charge is 2.44. The molecule has 0 radical (unpaired) electrons. The van der Waals surface area contributed by atoms with Crippen molar-refractivity contribution in [2.45, 2.75) is 51.4 Å². The van der Waals surface area contributed by atoms with Crippen molar-refractivity contribution in [2.75, 3.05) is 13.2 Å². The van der Waals surface area contributed by atoms with E-state index in [9.17, 15) is 19.2 Å². The Labute approximate surface area is 191 Å². The standard InChI is InChI=1S/C26H26N2O5/c1-2-33-22(31)14-28-18-9-5-11-20(29)24(18)23(25-19(28)10-6-12-21(25)30)16-13-15-7-3-4-8-17(15)27-26(16)32/h3-4,7-8,13,23H,2,5-6,9-12,14H2,1H3,(H,27,32). The predicted octanol–water partition coefficient (Wildman–Crippen LogP) is 3.50. The molecular weight excluding hydrogens is 420 g/mol. The summed E-state index contributed by atoms with van der Waals surface area (Å²) in [6, 6.07) is 9.27. The second-order valence-electron chi connectivity index (χ2n) is 8.74. The van der Waals surface area contributed by atoms with Crippen molar-refractivity contribution in [1.29, 1.82) is 0 Å². The van der Waals surface area contributed by atoms with Crippen molar-refractivity contribution in [1.82, 2.24) is 9.88 Å². The van der Waals surface area contributed by atoms with E-state index in [0.29, 0.717) is 60.8 Å². The lowest BCUT2D eigenvalue weighted by molar-refractivity contribution is -0.143. The van der Waals surface area contributed by atoms with Gasteiger partial charge in [0.25, 0.3) is 5.56 Å². The van der Waals surface area contributed by atoms with Crippen molar-refractivity contribution in [3.63, 3.8) is 0 Å². The Morgan fingerprint density at radius 1 is 1.00 bits per heavy atom. The molecule has 1 aromatic heterocycles. The average molecular weight is 447 g/mol. The van der Waals surface area contributed by atoms with E-state index in [2.05, 4.69) is 4.98 Å². The maximum Gasteiger partial charge on any atom is 0.325 e. The number of H-pyrrole nitrogens is 1. The van der Waals surface area contributed by atoms with Crippen LogP contribution in [-0.4, -0.2) is 40.6 Å². The molecule has 2 aliphatic carbocycles. The Balaban J connectivity index is 1.75. The molecular formula is C26H26N2O5. The number of hydrogen-bond donors (Lipinski definition) is 1. The highest BCUT2D eigenvalue weighted by atomic mass is 16.5. The number of pyridine rings is 1. The maximum atomic E-state index is 13.3. The third-order valence-electron chi connectivity index (χ3n) is 6.77. The van der Waals surface area contributed by atoms with Crippen LogP contribution in [0.4, 0.5) is 0 Å². The number of fused-ring (bicyclic) bond motifs is 1. The fourth-order valence-corrected chi connectivity index (χ4v) is 5.43. The minimum Gasteiger partial charge on any atom is -0.465 e. The number of ether oxygens (including phenoxy) is 1. The lowest BCUT2D eigenvalue weighted by Gasteiger charge is -2.43. The van der Waals surface area contributed by atoms with E-state index < -0.39 is 11.9 Å². The fourth-order valence-electron chi connectivity index (χ4n) is 5.43. The lowest BCUT2D eigenvalue weighted by atomic mass is 9.71. The zero-order valence-corrected chi connectivity index (χ0v) is 18.6. The molecule has 0 unspecified atom stereocenters. The summed E-state index contributed by atoms with van der Waals surface area (Å²) in [7, 11) is 0. The number of nitrogens with one attached hydrogen (secondary N) is 1. The van der Waals surface area contributed by atoms with Crippen LogP contribution in [0.15, 0.2) is 57.7 Å². The van der Waals surface area contributed by atoms with Gasteiger partial charge in [-0.1, -0.05) is 18.2 Å². The summed E-state index contributed by atoms with van der Waals surface area (Å²) < 4.78 is 5.19. The van der Waals surface area contributed by atoms with Crippen molar-refractivity contribution in [3.05, 3.63) is 68.8 Å². The molecule has 5 rings (SSSR count). The van der Waals surface area contributed by atoms with Crippen LogP contribution in [0.25, 0.3) is 10.9 Å². The van der Waals surface area contributed by atoms with Gasteiger partial charge in [-0.25, -0.2) is 0 Å². The van der Waals surface area contributed by atoms with Crippen LogP contribution < -0.4 is 5.56 Å². The number of aromatic amines is 1. The van der Waals surface area contributed by atoms with Crippen molar-refractivity contribution in [2.24, 2.45) is 0 Å². The van der Waals surface area contributed by atoms with E-state index in [0.717, 1.165) is 16.8 Å². The normalized spacial score (nSPS) is 19.1. The summed E-state index contributed by atoms with van der Waals surface area (Å²) in [6.07, 6.45) is 3.32. The Morgan fingerprint density at radius 3 is 2.27 bits per heavy atom. The second kappa shape index (κ2) is 8.46. The number of allylic oxidation sites excluding steroid dienone is 4. The van der Waals surface area contributed by atoms with Gasteiger partial charge in [0.2, 0.25) is 0 Å². The van der Waals surface area contributed by atoms with Crippen molar-refractivity contribution in [3.8, 4) is 0 Å². The quantitative estimate of drug-likeness (QED) is 0.722. The number of benzene rings is 1. The number of aromatic nitrogens is 1. The molecule has 33 heavy (non-hydrogen) atoms. The first-order valence-corrected chi connectivity index (χ1v) is 11.6. The van der Waals surface area contributed by atoms with E-state index >= 15 is 0 Å². The molecule has 7 nitrogen and oxygen atoms in total. The van der Waals surface area contributed by atoms with Gasteiger partial charge in [0, 0.05) is 52.4 Å². The zero-order chi connectivity index (χ0) is 23.1. The molecule has 0 amide bonds. The minimum absolute atomic E-state index is 0.0349. The molecule has 1 N–H and O–H groups in total. The zero-order valence-electron chi connectivity index (χ0n) is 18.6. The predicted molar refractivity (Wildman–Crippen MR) is 122 cm³/mol. The van der Waals surface area contributed by atoms with Gasteiger partial charge in [0.1, 0.15) is 6.54 Å². The number of hydrogen-bond acceptors (Lipinski definition) is 6. The highest BCUT2D eigenvalue weighted by molar-refractivity contribution is 6.06. The van der Waals surface area contributed by atoms with Crippen LogP contribution in [0.1, 0.15) is 56.9 Å². The number of esters is 1. The monoisotopic (exact) mass is 446 g/mol. The molecule has 3 aliphatic rings. The first-order chi connectivity index (χ1) is 16.0. The Hall–Kier alpha value is -3.48. The molecule has 170 valence electrons. The van der Waals surface area contributed by atoms with E-state index in [1.54, 1.807) is 13.0 Å². The molecule has 0 saturated carbocycles. The van der Waals surface area contributed by atoms with Gasteiger partial charge in [0.15, 0.2) is 11.6 Å². The van der Waals surface area contributed by atoms with Crippen LogP contribution in [0.3, 0.4) is 0 Å². The number of rotatable bonds is 4. The minimum atomic E-state index is -0.706. The summed E-state index contributed by atoms with van der Waals surface area (Å²) in [6.45, 7) is 1.98. The molecule has 0 atom stereocenters. The number of Topliss-reactive ketones (excluding diaryl/α,β-unsaturated/α-hetero) is 2. The van der Waals surface area contributed by atoms with Crippen LogP contribution in [-0.2, 0) is 19.1 Å². The molecule has 1 aliphatic heterocycles. The molecule has 0 spiro atoms. The molecule has 1 aromatic carbocycles. The van der Waals surface area contributed by atoms with Gasteiger partial charge in [-0.2, -0.15) is 0 Å². The summed E-state index contributed by atoms with van der Waals surface area (Å²) >= 11 is 0. The van der Waals surface area contributed by atoms with Crippen LogP contribution in [0.5, 0.6) is 0 Å². The molecule has 7 heteroatoms.